The summed E-state index contributed by atoms with van der Waals surface area (Å²) in [6.07, 6.45) is 0.893. The van der Waals surface area contributed by atoms with Gasteiger partial charge < -0.3 is 4.74 Å². The Morgan fingerprint density at radius 3 is 2.61 bits per heavy atom. The number of benzene rings is 2. The van der Waals surface area contributed by atoms with Crippen LogP contribution in [0, 0.1) is 0 Å². The van der Waals surface area contributed by atoms with Gasteiger partial charge in [-0.05, 0) is 35.2 Å². The molecule has 2 aromatic carbocycles. The molecule has 1 atom stereocenters. The van der Waals surface area contributed by atoms with E-state index in [1.807, 2.05) is 43.3 Å². The minimum atomic E-state index is -3.49. The number of aryl methyl sites for hydroxylation is 1. The Balaban J connectivity index is 1.72. The van der Waals surface area contributed by atoms with E-state index in [4.69, 9.17) is 4.74 Å². The largest absolute Gasteiger partial charge is 0.376 e. The van der Waals surface area contributed by atoms with Crippen molar-refractivity contribution in [2.45, 2.75) is 30.8 Å². The maximum Gasteiger partial charge on any atom is 0.240 e. The summed E-state index contributed by atoms with van der Waals surface area (Å²) < 4.78 is 33.2. The molecular weight excluding hydrogens is 310 g/mol. The number of sulfonamides is 1. The molecular formula is C18H21NO3S. The normalized spacial score (nSPS) is 17.7. The zero-order valence-electron chi connectivity index (χ0n) is 13.2. The number of hydrogen-bond donors (Lipinski definition) is 1. The van der Waals surface area contributed by atoms with E-state index in [1.54, 1.807) is 12.1 Å². The van der Waals surface area contributed by atoms with Crippen LogP contribution in [-0.2, 0) is 27.8 Å². The van der Waals surface area contributed by atoms with E-state index in [-0.39, 0.29) is 5.92 Å². The van der Waals surface area contributed by atoms with Gasteiger partial charge in [0.1, 0.15) is 0 Å². The lowest BCUT2D eigenvalue weighted by Crippen LogP contribution is -2.32. The average Bonchev–Trinajstić information content (AvgIpc) is 2.60. The summed E-state index contributed by atoms with van der Waals surface area (Å²) >= 11 is 0. The van der Waals surface area contributed by atoms with Crippen molar-refractivity contribution in [3.63, 3.8) is 0 Å². The lowest BCUT2D eigenvalue weighted by Gasteiger charge is -2.25. The van der Waals surface area contributed by atoms with E-state index < -0.39 is 10.0 Å². The quantitative estimate of drug-likeness (QED) is 0.916. The van der Waals surface area contributed by atoms with Crippen molar-refractivity contribution < 1.29 is 13.2 Å². The molecule has 0 saturated heterocycles. The minimum Gasteiger partial charge on any atom is -0.376 e. The van der Waals surface area contributed by atoms with E-state index in [1.165, 1.54) is 5.56 Å². The molecule has 4 nitrogen and oxygen atoms in total. The summed E-state index contributed by atoms with van der Waals surface area (Å²) in [4.78, 5) is 0.305. The Hall–Kier alpha value is -1.69. The van der Waals surface area contributed by atoms with Gasteiger partial charge in [-0.25, -0.2) is 13.1 Å². The molecule has 0 fully saturated rings. The first-order chi connectivity index (χ1) is 11.1. The number of fused-ring (bicyclic) bond motifs is 1. The maximum atomic E-state index is 12.4. The predicted molar refractivity (Wildman–Crippen MR) is 89.8 cm³/mol. The van der Waals surface area contributed by atoms with Crippen molar-refractivity contribution in [3.05, 3.63) is 65.2 Å². The predicted octanol–water partition coefficient (Wildman–Crippen LogP) is 2.84. The molecule has 122 valence electrons. The van der Waals surface area contributed by atoms with Gasteiger partial charge in [0.05, 0.1) is 18.1 Å². The summed E-state index contributed by atoms with van der Waals surface area (Å²) in [6.45, 7) is 3.52. The molecule has 0 spiro atoms. The van der Waals surface area contributed by atoms with Gasteiger partial charge in [0, 0.05) is 12.5 Å². The second-order valence-corrected chi connectivity index (χ2v) is 7.53. The molecule has 23 heavy (non-hydrogen) atoms. The van der Waals surface area contributed by atoms with Crippen LogP contribution in [0.5, 0.6) is 0 Å². The Kier molecular flexibility index (Phi) is 4.80. The summed E-state index contributed by atoms with van der Waals surface area (Å²) in [5, 5.41) is 0. The van der Waals surface area contributed by atoms with Gasteiger partial charge in [-0.1, -0.05) is 43.3 Å². The van der Waals surface area contributed by atoms with E-state index in [9.17, 15) is 8.42 Å². The van der Waals surface area contributed by atoms with Crippen LogP contribution in [0.4, 0.5) is 0 Å². The molecule has 0 saturated carbocycles. The number of ether oxygens (including phenoxy) is 1. The van der Waals surface area contributed by atoms with E-state index >= 15 is 0 Å². The van der Waals surface area contributed by atoms with Crippen LogP contribution in [0.25, 0.3) is 0 Å². The topological polar surface area (TPSA) is 55.4 Å². The van der Waals surface area contributed by atoms with Crippen LogP contribution < -0.4 is 4.72 Å². The van der Waals surface area contributed by atoms with E-state index in [0.717, 1.165) is 17.5 Å². The summed E-state index contributed by atoms with van der Waals surface area (Å²) in [6, 6.07) is 15.1. The lowest BCUT2D eigenvalue weighted by atomic mass is 9.93. The van der Waals surface area contributed by atoms with Gasteiger partial charge in [0.25, 0.3) is 0 Å². The Bertz CT molecular complexity index is 769. The third-order valence-corrected chi connectivity index (χ3v) is 5.67. The minimum absolute atomic E-state index is 0.0460. The number of hydrogen-bond acceptors (Lipinski definition) is 3. The molecule has 0 aliphatic carbocycles. The molecule has 1 unspecified atom stereocenters. The number of nitrogens with one attached hydrogen (secondary N) is 1. The maximum absolute atomic E-state index is 12.4. The first kappa shape index (κ1) is 16.2. The highest BCUT2D eigenvalue weighted by molar-refractivity contribution is 7.89. The van der Waals surface area contributed by atoms with Crippen LogP contribution in [0.15, 0.2) is 53.4 Å². The van der Waals surface area contributed by atoms with Crippen LogP contribution in [0.2, 0.25) is 0 Å². The van der Waals surface area contributed by atoms with Gasteiger partial charge in [-0.15, -0.1) is 0 Å². The van der Waals surface area contributed by atoms with Crippen molar-refractivity contribution in [1.29, 1.82) is 0 Å². The zero-order valence-corrected chi connectivity index (χ0v) is 14.0. The molecule has 1 aliphatic heterocycles. The molecule has 1 aliphatic rings. The van der Waals surface area contributed by atoms with Crippen LogP contribution in [-0.4, -0.2) is 21.6 Å². The monoisotopic (exact) mass is 331 g/mol. The molecule has 3 rings (SSSR count). The molecule has 0 radical (unpaired) electrons. The average molecular weight is 331 g/mol. The molecule has 0 aromatic heterocycles. The van der Waals surface area contributed by atoms with Crippen LogP contribution in [0.1, 0.15) is 29.5 Å². The Morgan fingerprint density at radius 1 is 1.13 bits per heavy atom. The van der Waals surface area contributed by atoms with Crippen LogP contribution >= 0.6 is 0 Å². The second kappa shape index (κ2) is 6.83. The highest BCUT2D eigenvalue weighted by Gasteiger charge is 2.23. The standard InChI is InChI=1S/C18H21NO3S/c1-2-14-7-9-17(10-8-14)23(20,21)19-11-16-13-22-12-15-5-3-4-6-18(15)16/h3-10,16,19H,2,11-13H2,1H3. The van der Waals surface area contributed by atoms with Gasteiger partial charge >= 0.3 is 0 Å². The van der Waals surface area contributed by atoms with Gasteiger partial charge in [0.2, 0.25) is 10.0 Å². The third-order valence-electron chi connectivity index (χ3n) is 4.23. The Labute approximate surface area is 137 Å². The summed E-state index contributed by atoms with van der Waals surface area (Å²) in [5.41, 5.74) is 3.43. The highest BCUT2D eigenvalue weighted by Crippen LogP contribution is 2.26. The zero-order chi connectivity index (χ0) is 16.3. The van der Waals surface area contributed by atoms with Gasteiger partial charge in [0.15, 0.2) is 0 Å². The fourth-order valence-electron chi connectivity index (χ4n) is 2.83. The lowest BCUT2D eigenvalue weighted by molar-refractivity contribution is 0.0920. The first-order valence-corrected chi connectivity index (χ1v) is 9.32. The molecule has 1 heterocycles. The van der Waals surface area contributed by atoms with Crippen molar-refractivity contribution in [1.82, 2.24) is 4.72 Å². The molecule has 5 heteroatoms. The SMILES string of the molecule is CCc1ccc(S(=O)(=O)NCC2COCc3ccccc32)cc1. The first-order valence-electron chi connectivity index (χ1n) is 7.84. The highest BCUT2D eigenvalue weighted by atomic mass is 32.2. The summed E-state index contributed by atoms with van der Waals surface area (Å²) in [5.74, 6) is 0.0460. The van der Waals surface area contributed by atoms with Crippen molar-refractivity contribution >= 4 is 10.0 Å². The smallest absolute Gasteiger partial charge is 0.240 e. The van der Waals surface area contributed by atoms with Crippen molar-refractivity contribution in [2.75, 3.05) is 13.2 Å². The third kappa shape index (κ3) is 3.63. The Morgan fingerprint density at radius 2 is 1.87 bits per heavy atom. The van der Waals surface area contributed by atoms with E-state index in [0.29, 0.717) is 24.7 Å². The van der Waals surface area contributed by atoms with Gasteiger partial charge in [-0.3, -0.25) is 0 Å². The number of rotatable bonds is 5. The van der Waals surface area contributed by atoms with Crippen molar-refractivity contribution in [3.8, 4) is 0 Å². The molecule has 2 aromatic rings. The fourth-order valence-corrected chi connectivity index (χ4v) is 3.91. The molecule has 0 amide bonds. The summed E-state index contributed by atoms with van der Waals surface area (Å²) in [7, 11) is -3.49. The molecule has 0 bridgehead atoms. The van der Waals surface area contributed by atoms with Crippen LogP contribution in [0.3, 0.4) is 0 Å². The molecule has 1 N–H and O–H groups in total. The fraction of sp³-hybridized carbons (Fsp3) is 0.333. The second-order valence-electron chi connectivity index (χ2n) is 5.76. The van der Waals surface area contributed by atoms with Gasteiger partial charge in [-0.2, -0.15) is 0 Å². The van der Waals surface area contributed by atoms with E-state index in [2.05, 4.69) is 4.72 Å². The van der Waals surface area contributed by atoms with Crippen molar-refractivity contribution in [2.24, 2.45) is 0 Å².